The highest BCUT2D eigenvalue weighted by Crippen LogP contribution is 2.20. The Morgan fingerprint density at radius 3 is 2.76 bits per heavy atom. The van der Waals surface area contributed by atoms with Gasteiger partial charge in [-0.3, -0.25) is 9.59 Å². The van der Waals surface area contributed by atoms with Gasteiger partial charge in [0.25, 0.3) is 0 Å². The van der Waals surface area contributed by atoms with E-state index in [2.05, 4.69) is 24.5 Å². The number of morpholine rings is 1. The van der Waals surface area contributed by atoms with Crippen molar-refractivity contribution >= 4 is 11.8 Å². The Bertz CT molecular complexity index is 369. The second-order valence-electron chi connectivity index (χ2n) is 6.17. The Kier molecular flexibility index (Phi) is 5.99. The van der Waals surface area contributed by atoms with Crippen LogP contribution in [0.25, 0.3) is 0 Å². The molecule has 0 spiro atoms. The largest absolute Gasteiger partial charge is 0.377 e. The van der Waals surface area contributed by atoms with Gasteiger partial charge in [0, 0.05) is 25.0 Å². The van der Waals surface area contributed by atoms with E-state index in [9.17, 15) is 9.59 Å². The van der Waals surface area contributed by atoms with Crippen LogP contribution >= 0.6 is 0 Å². The lowest BCUT2D eigenvalue weighted by Gasteiger charge is -2.34. The van der Waals surface area contributed by atoms with Crippen LogP contribution in [0.2, 0.25) is 0 Å². The van der Waals surface area contributed by atoms with Crippen LogP contribution in [0.15, 0.2) is 0 Å². The summed E-state index contributed by atoms with van der Waals surface area (Å²) in [5.41, 5.74) is 0. The molecule has 1 heterocycles. The number of nitrogens with zero attached hydrogens (tertiary/aromatic N) is 1. The summed E-state index contributed by atoms with van der Waals surface area (Å²) in [4.78, 5) is 26.2. The molecule has 0 aromatic carbocycles. The lowest BCUT2D eigenvalue weighted by atomic mass is 10.1. The standard InChI is InChI=1S/C15H27N3O3/c1-11(2)16-7-3-4-14(19)18-8-9-21-10-13(18)15(20)17-12-5-6-12/h11-13,16H,3-10H2,1-2H3,(H,17,20). The first-order valence-corrected chi connectivity index (χ1v) is 7.99. The van der Waals surface area contributed by atoms with Gasteiger partial charge >= 0.3 is 0 Å². The average molecular weight is 297 g/mol. The topological polar surface area (TPSA) is 70.7 Å². The van der Waals surface area contributed by atoms with Crippen LogP contribution < -0.4 is 10.6 Å². The quantitative estimate of drug-likeness (QED) is 0.662. The summed E-state index contributed by atoms with van der Waals surface area (Å²) in [7, 11) is 0. The zero-order chi connectivity index (χ0) is 15.2. The Morgan fingerprint density at radius 1 is 1.33 bits per heavy atom. The minimum Gasteiger partial charge on any atom is -0.377 e. The van der Waals surface area contributed by atoms with E-state index in [1.165, 1.54) is 0 Å². The zero-order valence-corrected chi connectivity index (χ0v) is 13.1. The minimum atomic E-state index is -0.454. The van der Waals surface area contributed by atoms with Gasteiger partial charge in [-0.15, -0.1) is 0 Å². The molecule has 1 atom stereocenters. The first-order valence-electron chi connectivity index (χ1n) is 7.99. The summed E-state index contributed by atoms with van der Waals surface area (Å²) < 4.78 is 5.38. The molecule has 2 amide bonds. The van der Waals surface area contributed by atoms with Gasteiger partial charge in [0.15, 0.2) is 0 Å². The summed E-state index contributed by atoms with van der Waals surface area (Å²) in [6.45, 7) is 6.34. The maximum atomic E-state index is 12.3. The molecule has 120 valence electrons. The van der Waals surface area contributed by atoms with Crippen LogP contribution in [-0.2, 0) is 14.3 Å². The van der Waals surface area contributed by atoms with Crippen molar-refractivity contribution in [1.29, 1.82) is 0 Å². The molecule has 0 aromatic heterocycles. The molecule has 6 heteroatoms. The Hall–Kier alpha value is -1.14. The Labute approximate surface area is 126 Å². The van der Waals surface area contributed by atoms with Gasteiger partial charge < -0.3 is 20.3 Å². The van der Waals surface area contributed by atoms with E-state index < -0.39 is 6.04 Å². The molecular formula is C15H27N3O3. The molecule has 2 rings (SSSR count). The summed E-state index contributed by atoms with van der Waals surface area (Å²) in [5.74, 6) is -0.00865. The number of carbonyl (C=O) groups is 2. The molecule has 6 nitrogen and oxygen atoms in total. The molecule has 0 radical (unpaired) electrons. The van der Waals surface area contributed by atoms with Crippen molar-refractivity contribution < 1.29 is 14.3 Å². The SMILES string of the molecule is CC(C)NCCCC(=O)N1CCOCC1C(=O)NC1CC1. The minimum absolute atomic E-state index is 0.0554. The lowest BCUT2D eigenvalue weighted by molar-refractivity contribution is -0.148. The predicted molar refractivity (Wildman–Crippen MR) is 79.9 cm³/mol. The van der Waals surface area contributed by atoms with Crippen LogP contribution in [0, 0.1) is 0 Å². The third-order valence-electron chi connectivity index (χ3n) is 3.80. The average Bonchev–Trinajstić information content (AvgIpc) is 3.27. The summed E-state index contributed by atoms with van der Waals surface area (Å²) in [6.07, 6.45) is 3.38. The van der Waals surface area contributed by atoms with Crippen molar-refractivity contribution in [3.8, 4) is 0 Å². The Balaban J connectivity index is 1.79. The maximum absolute atomic E-state index is 12.3. The number of hydrogen-bond acceptors (Lipinski definition) is 4. The second kappa shape index (κ2) is 7.75. The van der Waals surface area contributed by atoms with E-state index in [-0.39, 0.29) is 11.8 Å². The summed E-state index contributed by atoms with van der Waals surface area (Å²) >= 11 is 0. The van der Waals surface area contributed by atoms with Crippen LogP contribution in [0.3, 0.4) is 0 Å². The number of ether oxygens (including phenoxy) is 1. The Morgan fingerprint density at radius 2 is 2.10 bits per heavy atom. The van der Waals surface area contributed by atoms with Crippen molar-refractivity contribution in [3.63, 3.8) is 0 Å². The molecule has 21 heavy (non-hydrogen) atoms. The van der Waals surface area contributed by atoms with Crippen molar-refractivity contribution in [2.45, 2.75) is 57.7 Å². The van der Waals surface area contributed by atoms with Gasteiger partial charge in [-0.2, -0.15) is 0 Å². The highest BCUT2D eigenvalue weighted by molar-refractivity contribution is 5.88. The summed E-state index contributed by atoms with van der Waals surface area (Å²) in [5, 5.41) is 6.26. The monoisotopic (exact) mass is 297 g/mol. The van der Waals surface area contributed by atoms with Gasteiger partial charge in [0.05, 0.1) is 13.2 Å². The molecule has 0 bridgehead atoms. The number of rotatable bonds is 7. The fourth-order valence-electron chi connectivity index (χ4n) is 2.42. The third-order valence-corrected chi connectivity index (χ3v) is 3.80. The molecule has 1 saturated heterocycles. The first kappa shape index (κ1) is 16.2. The normalized spacial score (nSPS) is 22.4. The van der Waals surface area contributed by atoms with Gasteiger partial charge in [-0.25, -0.2) is 0 Å². The van der Waals surface area contributed by atoms with Gasteiger partial charge in [-0.05, 0) is 25.8 Å². The van der Waals surface area contributed by atoms with Crippen LogP contribution in [0.5, 0.6) is 0 Å². The number of nitrogens with one attached hydrogen (secondary N) is 2. The molecule has 1 saturated carbocycles. The van der Waals surface area contributed by atoms with Crippen molar-refractivity contribution in [2.24, 2.45) is 0 Å². The number of hydrogen-bond donors (Lipinski definition) is 2. The fraction of sp³-hybridized carbons (Fsp3) is 0.867. The molecule has 1 aliphatic heterocycles. The third kappa shape index (κ3) is 5.28. The fourth-order valence-corrected chi connectivity index (χ4v) is 2.42. The van der Waals surface area contributed by atoms with Crippen molar-refractivity contribution in [3.05, 3.63) is 0 Å². The van der Waals surface area contributed by atoms with E-state index >= 15 is 0 Å². The molecule has 1 unspecified atom stereocenters. The lowest BCUT2D eigenvalue weighted by Crippen LogP contribution is -2.56. The molecule has 2 fully saturated rings. The van der Waals surface area contributed by atoms with E-state index in [0.29, 0.717) is 38.3 Å². The van der Waals surface area contributed by atoms with Gasteiger partial charge in [0.2, 0.25) is 11.8 Å². The van der Waals surface area contributed by atoms with Gasteiger partial charge in [0.1, 0.15) is 6.04 Å². The van der Waals surface area contributed by atoms with E-state index in [1.54, 1.807) is 4.90 Å². The van der Waals surface area contributed by atoms with Crippen molar-refractivity contribution in [1.82, 2.24) is 15.5 Å². The molecule has 1 aliphatic carbocycles. The second-order valence-corrected chi connectivity index (χ2v) is 6.17. The summed E-state index contributed by atoms with van der Waals surface area (Å²) in [6, 6.07) is 0.289. The first-order chi connectivity index (χ1) is 10.1. The smallest absolute Gasteiger partial charge is 0.245 e. The van der Waals surface area contributed by atoms with E-state index in [1.807, 2.05) is 0 Å². The maximum Gasteiger partial charge on any atom is 0.245 e. The van der Waals surface area contributed by atoms with Crippen LogP contribution in [0.4, 0.5) is 0 Å². The predicted octanol–water partition coefficient (Wildman–Crippen LogP) is 0.271. The van der Waals surface area contributed by atoms with E-state index in [0.717, 1.165) is 25.8 Å². The zero-order valence-electron chi connectivity index (χ0n) is 13.1. The highest BCUT2D eigenvalue weighted by Gasteiger charge is 2.35. The van der Waals surface area contributed by atoms with Crippen molar-refractivity contribution in [2.75, 3.05) is 26.3 Å². The van der Waals surface area contributed by atoms with Crippen LogP contribution in [-0.4, -0.2) is 61.1 Å². The molecular weight excluding hydrogens is 270 g/mol. The number of amides is 2. The van der Waals surface area contributed by atoms with Gasteiger partial charge in [-0.1, -0.05) is 13.8 Å². The molecule has 2 N–H and O–H groups in total. The van der Waals surface area contributed by atoms with Crippen LogP contribution in [0.1, 0.15) is 39.5 Å². The number of carbonyl (C=O) groups excluding carboxylic acids is 2. The highest BCUT2D eigenvalue weighted by atomic mass is 16.5. The van der Waals surface area contributed by atoms with E-state index in [4.69, 9.17) is 4.74 Å². The molecule has 2 aliphatic rings. The molecule has 0 aromatic rings.